The largest absolute Gasteiger partial charge is 0.416 e. The summed E-state index contributed by atoms with van der Waals surface area (Å²) in [6, 6.07) is 4.37. The van der Waals surface area contributed by atoms with E-state index in [0.29, 0.717) is 0 Å². The number of amides is 1. The number of carbonyl (C=O) groups is 1. The first-order valence-electron chi connectivity index (χ1n) is 6.22. The van der Waals surface area contributed by atoms with Crippen LogP contribution in [0.3, 0.4) is 0 Å². The summed E-state index contributed by atoms with van der Waals surface area (Å²) in [6.45, 7) is 3.27. The summed E-state index contributed by atoms with van der Waals surface area (Å²) >= 11 is 17.3. The minimum Gasteiger partial charge on any atom is -0.362 e. The van der Waals surface area contributed by atoms with Gasteiger partial charge in [0.2, 0.25) is 9.70 Å². The molecule has 0 aliphatic carbocycles. The topological polar surface area (TPSA) is 41.1 Å². The summed E-state index contributed by atoms with van der Waals surface area (Å²) < 4.78 is 36.1. The first kappa shape index (κ1) is 19.2. The number of hydrogen-bond acceptors (Lipinski definition) is 2. The standard InChI is InChI=1S/C13H14Cl3F3N2O/c1-7(2)10(22)21-11(12(14,15)16)20-9-5-3-4-8(6-9)13(17,18)19/h3-7,11,20H,1-2H3,(H,21,22)/t11-/m1/s1. The van der Waals surface area contributed by atoms with Crippen LogP contribution < -0.4 is 10.6 Å². The van der Waals surface area contributed by atoms with Gasteiger partial charge >= 0.3 is 6.18 Å². The van der Waals surface area contributed by atoms with Crippen molar-refractivity contribution in [2.24, 2.45) is 5.92 Å². The van der Waals surface area contributed by atoms with E-state index < -0.39 is 27.6 Å². The molecule has 0 radical (unpaired) electrons. The van der Waals surface area contributed by atoms with Crippen LogP contribution in [0.5, 0.6) is 0 Å². The minimum absolute atomic E-state index is 0.0650. The highest BCUT2D eigenvalue weighted by atomic mass is 35.6. The molecule has 9 heteroatoms. The SMILES string of the molecule is CC(C)C(=O)N[C@@H](Nc1cccc(C(F)(F)F)c1)C(Cl)(Cl)Cl. The third kappa shape index (κ3) is 5.74. The molecule has 0 spiro atoms. The molecule has 0 aliphatic heterocycles. The number of rotatable bonds is 4. The smallest absolute Gasteiger partial charge is 0.362 e. The van der Waals surface area contributed by atoms with Gasteiger partial charge < -0.3 is 10.6 Å². The fourth-order valence-corrected chi connectivity index (χ4v) is 1.79. The van der Waals surface area contributed by atoms with E-state index in [1.165, 1.54) is 12.1 Å². The maximum Gasteiger partial charge on any atom is 0.416 e. The highest BCUT2D eigenvalue weighted by Crippen LogP contribution is 2.33. The van der Waals surface area contributed by atoms with Gasteiger partial charge in [-0.25, -0.2) is 0 Å². The zero-order valence-electron chi connectivity index (χ0n) is 11.6. The Balaban J connectivity index is 2.98. The summed E-state index contributed by atoms with van der Waals surface area (Å²) in [5.41, 5.74) is -0.786. The van der Waals surface area contributed by atoms with Crippen molar-refractivity contribution in [2.45, 2.75) is 30.0 Å². The van der Waals surface area contributed by atoms with Crippen molar-refractivity contribution in [1.29, 1.82) is 0 Å². The Morgan fingerprint density at radius 3 is 2.23 bits per heavy atom. The van der Waals surface area contributed by atoms with Crippen LogP contribution in [0.1, 0.15) is 19.4 Å². The van der Waals surface area contributed by atoms with Crippen molar-refractivity contribution < 1.29 is 18.0 Å². The Morgan fingerprint density at radius 1 is 1.18 bits per heavy atom. The molecule has 1 aromatic carbocycles. The summed E-state index contributed by atoms with van der Waals surface area (Å²) in [4.78, 5) is 11.7. The van der Waals surface area contributed by atoms with Gasteiger partial charge in [-0.15, -0.1) is 0 Å². The molecule has 3 nitrogen and oxygen atoms in total. The number of halogens is 6. The molecule has 0 unspecified atom stereocenters. The predicted octanol–water partition coefficient (Wildman–Crippen LogP) is 4.59. The molecule has 0 fully saturated rings. The van der Waals surface area contributed by atoms with Gasteiger partial charge in [-0.1, -0.05) is 54.7 Å². The number of carbonyl (C=O) groups excluding carboxylic acids is 1. The van der Waals surface area contributed by atoms with Gasteiger partial charge in [0.1, 0.15) is 6.17 Å². The predicted molar refractivity (Wildman–Crippen MR) is 82.1 cm³/mol. The maximum absolute atomic E-state index is 12.7. The molecule has 0 aromatic heterocycles. The van der Waals surface area contributed by atoms with E-state index in [9.17, 15) is 18.0 Å². The Hall–Kier alpha value is -0.850. The van der Waals surface area contributed by atoms with E-state index in [4.69, 9.17) is 34.8 Å². The van der Waals surface area contributed by atoms with Gasteiger partial charge in [-0.05, 0) is 18.2 Å². The molecule has 124 valence electrons. The highest BCUT2D eigenvalue weighted by Gasteiger charge is 2.35. The molecule has 1 rings (SSSR count). The van der Waals surface area contributed by atoms with E-state index in [0.717, 1.165) is 12.1 Å². The molecule has 1 amide bonds. The lowest BCUT2D eigenvalue weighted by molar-refractivity contribution is -0.137. The first-order valence-corrected chi connectivity index (χ1v) is 7.35. The van der Waals surface area contributed by atoms with Crippen LogP contribution in [0.2, 0.25) is 0 Å². The van der Waals surface area contributed by atoms with Gasteiger partial charge in [0.05, 0.1) is 5.56 Å². The fraction of sp³-hybridized carbons (Fsp3) is 0.462. The molecule has 2 N–H and O–H groups in total. The van der Waals surface area contributed by atoms with E-state index >= 15 is 0 Å². The second-order valence-corrected chi connectivity index (χ2v) is 7.23. The number of nitrogens with one attached hydrogen (secondary N) is 2. The minimum atomic E-state index is -4.49. The summed E-state index contributed by atoms with van der Waals surface area (Å²) in [7, 11) is 0. The van der Waals surface area contributed by atoms with E-state index in [1.807, 2.05) is 0 Å². The molecule has 0 heterocycles. The third-order valence-corrected chi connectivity index (χ3v) is 3.29. The van der Waals surface area contributed by atoms with Crippen molar-refractivity contribution in [3.05, 3.63) is 29.8 Å². The molecule has 1 aromatic rings. The normalized spacial score (nSPS) is 13.9. The average Bonchev–Trinajstić information content (AvgIpc) is 2.36. The molecule has 0 saturated heterocycles. The van der Waals surface area contributed by atoms with Crippen LogP contribution >= 0.6 is 34.8 Å². The van der Waals surface area contributed by atoms with Crippen LogP contribution in [0.25, 0.3) is 0 Å². The lowest BCUT2D eigenvalue weighted by Crippen LogP contribution is -2.50. The highest BCUT2D eigenvalue weighted by molar-refractivity contribution is 6.68. The second kappa shape index (κ2) is 7.15. The second-order valence-electron chi connectivity index (χ2n) is 4.86. The zero-order chi connectivity index (χ0) is 17.1. The van der Waals surface area contributed by atoms with Crippen LogP contribution in [0.4, 0.5) is 18.9 Å². The van der Waals surface area contributed by atoms with Crippen molar-refractivity contribution in [1.82, 2.24) is 5.32 Å². The molecular formula is C13H14Cl3F3N2O. The van der Waals surface area contributed by atoms with Crippen molar-refractivity contribution >= 4 is 46.4 Å². The van der Waals surface area contributed by atoms with Gasteiger partial charge in [0.25, 0.3) is 0 Å². The molecule has 0 bridgehead atoms. The lowest BCUT2D eigenvalue weighted by Gasteiger charge is -2.28. The quantitative estimate of drug-likeness (QED) is 0.595. The number of alkyl halides is 6. The summed E-state index contributed by atoms with van der Waals surface area (Å²) in [5, 5.41) is 5.03. The lowest BCUT2D eigenvalue weighted by atomic mass is 10.2. The molecule has 22 heavy (non-hydrogen) atoms. The number of anilines is 1. The Kier molecular flexibility index (Phi) is 6.24. The van der Waals surface area contributed by atoms with Crippen LogP contribution in [0, 0.1) is 5.92 Å². The Labute approximate surface area is 141 Å². The zero-order valence-corrected chi connectivity index (χ0v) is 13.9. The fourth-order valence-electron chi connectivity index (χ4n) is 1.46. The summed E-state index contributed by atoms with van der Waals surface area (Å²) in [5.74, 6) is -0.783. The molecular weight excluding hydrogens is 364 g/mol. The van der Waals surface area contributed by atoms with E-state index in [-0.39, 0.29) is 11.6 Å². The molecule has 1 atom stereocenters. The summed E-state index contributed by atoms with van der Waals surface area (Å²) in [6.07, 6.45) is -5.68. The maximum atomic E-state index is 12.7. The Bertz CT molecular complexity index is 530. The molecule has 0 saturated carbocycles. The van der Waals surface area contributed by atoms with Gasteiger partial charge in [0.15, 0.2) is 0 Å². The van der Waals surface area contributed by atoms with Crippen molar-refractivity contribution in [3.63, 3.8) is 0 Å². The van der Waals surface area contributed by atoms with Crippen LogP contribution in [0.15, 0.2) is 24.3 Å². The number of benzene rings is 1. The van der Waals surface area contributed by atoms with Crippen LogP contribution in [-0.2, 0) is 11.0 Å². The van der Waals surface area contributed by atoms with Gasteiger partial charge in [-0.2, -0.15) is 13.2 Å². The Morgan fingerprint density at radius 2 is 1.77 bits per heavy atom. The van der Waals surface area contributed by atoms with Crippen LogP contribution in [-0.4, -0.2) is 15.9 Å². The van der Waals surface area contributed by atoms with E-state index in [2.05, 4.69) is 10.6 Å². The third-order valence-electron chi connectivity index (χ3n) is 2.64. The van der Waals surface area contributed by atoms with Gasteiger partial charge in [0, 0.05) is 11.6 Å². The average molecular weight is 378 g/mol. The first-order chi connectivity index (χ1) is 9.91. The number of hydrogen-bond donors (Lipinski definition) is 2. The van der Waals surface area contributed by atoms with E-state index in [1.54, 1.807) is 13.8 Å². The monoisotopic (exact) mass is 376 g/mol. The van der Waals surface area contributed by atoms with Crippen molar-refractivity contribution in [2.75, 3.05) is 5.32 Å². The van der Waals surface area contributed by atoms with Crippen molar-refractivity contribution in [3.8, 4) is 0 Å². The molecule has 0 aliphatic rings. The van der Waals surface area contributed by atoms with Gasteiger partial charge in [-0.3, -0.25) is 4.79 Å².